The van der Waals surface area contributed by atoms with E-state index >= 15 is 0 Å². The Morgan fingerprint density at radius 2 is 1.46 bits per heavy atom. The van der Waals surface area contributed by atoms with E-state index in [-0.39, 0.29) is 16.3 Å². The van der Waals surface area contributed by atoms with Crippen molar-refractivity contribution in [3.63, 3.8) is 0 Å². The van der Waals surface area contributed by atoms with Gasteiger partial charge in [0.2, 0.25) is 5.91 Å². The molecule has 3 rings (SSSR count). The van der Waals surface area contributed by atoms with Crippen LogP contribution in [0.3, 0.4) is 0 Å². The lowest BCUT2D eigenvalue weighted by Crippen LogP contribution is -2.38. The fraction of sp³-hybridized carbons (Fsp3) is 0.0500. The fourth-order valence-corrected chi connectivity index (χ4v) is 3.99. The number of carbonyl (C=O) groups is 1. The third-order valence-corrected chi connectivity index (χ3v) is 5.64. The number of rotatable bonds is 6. The Bertz CT molecular complexity index is 1070. The summed E-state index contributed by atoms with van der Waals surface area (Å²) < 4.78 is 54.1. The van der Waals surface area contributed by atoms with Crippen LogP contribution in [0.1, 0.15) is 0 Å². The highest BCUT2D eigenvalue weighted by Gasteiger charge is 2.29. The van der Waals surface area contributed by atoms with Gasteiger partial charge in [0, 0.05) is 5.69 Å². The number of carbonyl (C=O) groups excluding carboxylic acids is 1. The molecule has 0 fully saturated rings. The highest BCUT2D eigenvalue weighted by Crippen LogP contribution is 2.26. The first-order chi connectivity index (χ1) is 13.4. The number of halogens is 2. The monoisotopic (exact) mass is 402 g/mol. The molecule has 0 saturated carbocycles. The van der Waals surface area contributed by atoms with Crippen molar-refractivity contribution < 1.29 is 22.0 Å². The van der Waals surface area contributed by atoms with E-state index in [0.717, 1.165) is 18.2 Å². The predicted molar refractivity (Wildman–Crippen MR) is 102 cm³/mol. The molecule has 0 bridgehead atoms. The van der Waals surface area contributed by atoms with Crippen LogP contribution in [-0.4, -0.2) is 20.9 Å². The number of nitrogens with one attached hydrogen (secondary N) is 1. The minimum absolute atomic E-state index is 0.0761. The van der Waals surface area contributed by atoms with Gasteiger partial charge in [-0.1, -0.05) is 30.3 Å². The Morgan fingerprint density at radius 3 is 2.11 bits per heavy atom. The van der Waals surface area contributed by atoms with Crippen LogP contribution in [0.5, 0.6) is 0 Å². The van der Waals surface area contributed by atoms with Crippen LogP contribution in [-0.2, 0) is 14.8 Å². The van der Waals surface area contributed by atoms with E-state index < -0.39 is 34.1 Å². The van der Waals surface area contributed by atoms with E-state index in [1.54, 1.807) is 6.07 Å². The second-order valence-electron chi connectivity index (χ2n) is 5.83. The summed E-state index contributed by atoms with van der Waals surface area (Å²) in [6.45, 7) is -0.657. The van der Waals surface area contributed by atoms with Gasteiger partial charge in [-0.3, -0.25) is 9.10 Å². The third kappa shape index (κ3) is 4.34. The van der Waals surface area contributed by atoms with Crippen molar-refractivity contribution in [2.45, 2.75) is 4.90 Å². The summed E-state index contributed by atoms with van der Waals surface area (Å²) >= 11 is 0. The van der Waals surface area contributed by atoms with Crippen molar-refractivity contribution in [1.29, 1.82) is 0 Å². The van der Waals surface area contributed by atoms with Gasteiger partial charge in [0.15, 0.2) is 0 Å². The maximum absolute atomic E-state index is 14.3. The molecular formula is C20H16F2N2O3S. The fourth-order valence-electron chi connectivity index (χ4n) is 2.54. The molecule has 28 heavy (non-hydrogen) atoms. The van der Waals surface area contributed by atoms with E-state index in [4.69, 9.17) is 0 Å². The van der Waals surface area contributed by atoms with Crippen LogP contribution in [0.25, 0.3) is 0 Å². The van der Waals surface area contributed by atoms with Gasteiger partial charge in [-0.25, -0.2) is 17.2 Å². The Kier molecular flexibility index (Phi) is 5.70. The van der Waals surface area contributed by atoms with Crippen LogP contribution in [0.4, 0.5) is 20.2 Å². The smallest absolute Gasteiger partial charge is 0.264 e. The molecule has 5 nitrogen and oxygen atoms in total. The maximum Gasteiger partial charge on any atom is 0.264 e. The van der Waals surface area contributed by atoms with Crippen molar-refractivity contribution in [2.75, 3.05) is 16.2 Å². The summed E-state index contributed by atoms with van der Waals surface area (Å²) in [5.74, 6) is -1.96. The second kappa shape index (κ2) is 8.18. The first-order valence-electron chi connectivity index (χ1n) is 8.25. The van der Waals surface area contributed by atoms with Gasteiger partial charge in [0.05, 0.1) is 10.6 Å². The highest BCUT2D eigenvalue weighted by atomic mass is 32.2. The Morgan fingerprint density at radius 1 is 0.857 bits per heavy atom. The van der Waals surface area contributed by atoms with Crippen molar-refractivity contribution in [3.8, 4) is 0 Å². The van der Waals surface area contributed by atoms with Crippen molar-refractivity contribution >= 4 is 27.3 Å². The van der Waals surface area contributed by atoms with Gasteiger partial charge in [0.25, 0.3) is 10.0 Å². The van der Waals surface area contributed by atoms with Crippen molar-refractivity contribution in [3.05, 3.63) is 90.5 Å². The van der Waals surface area contributed by atoms with Crippen LogP contribution < -0.4 is 9.62 Å². The molecule has 8 heteroatoms. The van der Waals surface area contributed by atoms with E-state index in [1.807, 2.05) is 0 Å². The van der Waals surface area contributed by atoms with E-state index in [9.17, 15) is 22.0 Å². The first kappa shape index (κ1) is 19.5. The van der Waals surface area contributed by atoms with Gasteiger partial charge in [0.1, 0.15) is 18.2 Å². The second-order valence-corrected chi connectivity index (χ2v) is 7.69. The Balaban J connectivity index is 1.94. The first-order valence-corrected chi connectivity index (χ1v) is 9.69. The molecule has 0 aromatic heterocycles. The minimum Gasteiger partial charge on any atom is -0.325 e. The average molecular weight is 402 g/mol. The number of para-hydroxylation sites is 1. The summed E-state index contributed by atoms with van der Waals surface area (Å²) in [7, 11) is -4.20. The van der Waals surface area contributed by atoms with Crippen LogP contribution in [0, 0.1) is 11.6 Å². The van der Waals surface area contributed by atoms with Gasteiger partial charge in [-0.15, -0.1) is 0 Å². The number of nitrogens with zero attached hydrogens (tertiary/aromatic N) is 1. The number of amides is 1. The number of anilines is 2. The van der Waals surface area contributed by atoms with Gasteiger partial charge < -0.3 is 5.32 Å². The van der Waals surface area contributed by atoms with Crippen LogP contribution in [0.2, 0.25) is 0 Å². The lowest BCUT2D eigenvalue weighted by molar-refractivity contribution is -0.114. The number of hydrogen-bond donors (Lipinski definition) is 1. The largest absolute Gasteiger partial charge is 0.325 e. The molecule has 0 heterocycles. The molecule has 1 N–H and O–H groups in total. The van der Waals surface area contributed by atoms with Crippen LogP contribution >= 0.6 is 0 Å². The number of hydrogen-bond acceptors (Lipinski definition) is 3. The molecule has 3 aromatic rings. The Hall–Kier alpha value is -3.26. The van der Waals surface area contributed by atoms with E-state index in [0.29, 0.717) is 4.31 Å². The molecule has 144 valence electrons. The number of benzene rings is 3. The molecule has 0 radical (unpaired) electrons. The lowest BCUT2D eigenvalue weighted by atomic mass is 10.3. The van der Waals surface area contributed by atoms with Crippen molar-refractivity contribution in [1.82, 2.24) is 0 Å². The zero-order valence-electron chi connectivity index (χ0n) is 14.5. The summed E-state index contributed by atoms with van der Waals surface area (Å²) in [4.78, 5) is 12.4. The molecule has 1 amide bonds. The summed E-state index contributed by atoms with van der Waals surface area (Å²) in [5, 5.41) is 2.48. The maximum atomic E-state index is 14.3. The van der Waals surface area contributed by atoms with Crippen molar-refractivity contribution in [2.24, 2.45) is 0 Å². The number of sulfonamides is 1. The Labute approximate surface area is 161 Å². The molecule has 0 atom stereocenters. The normalized spacial score (nSPS) is 11.1. The molecule has 0 unspecified atom stereocenters. The molecule has 0 aliphatic heterocycles. The van der Waals surface area contributed by atoms with E-state index in [2.05, 4.69) is 5.32 Å². The average Bonchev–Trinajstić information content (AvgIpc) is 2.69. The summed E-state index contributed by atoms with van der Waals surface area (Å²) in [5.41, 5.74) is 0.0394. The standard InChI is InChI=1S/C20H16F2N2O3S/c21-15-10-12-16(13-11-15)23-20(25)14-24(19-9-5-4-8-18(19)22)28(26,27)17-6-2-1-3-7-17/h1-13H,14H2,(H,23,25). The third-order valence-electron chi connectivity index (χ3n) is 3.87. The molecule has 0 saturated heterocycles. The van der Waals surface area contributed by atoms with Gasteiger partial charge in [-0.05, 0) is 48.5 Å². The van der Waals surface area contributed by atoms with E-state index in [1.165, 1.54) is 54.6 Å². The molecule has 0 aliphatic carbocycles. The molecule has 0 spiro atoms. The predicted octanol–water partition coefficient (Wildman–Crippen LogP) is 3.80. The minimum atomic E-state index is -4.20. The van der Waals surface area contributed by atoms with Crippen LogP contribution in [0.15, 0.2) is 83.8 Å². The van der Waals surface area contributed by atoms with Gasteiger partial charge >= 0.3 is 0 Å². The molecule has 3 aromatic carbocycles. The highest BCUT2D eigenvalue weighted by molar-refractivity contribution is 7.92. The SMILES string of the molecule is O=C(CN(c1ccccc1F)S(=O)(=O)c1ccccc1)Nc1ccc(F)cc1. The van der Waals surface area contributed by atoms with Gasteiger partial charge in [-0.2, -0.15) is 0 Å². The zero-order valence-corrected chi connectivity index (χ0v) is 15.4. The quantitative estimate of drug-likeness (QED) is 0.682. The molecule has 0 aliphatic rings. The molecular weight excluding hydrogens is 386 g/mol. The zero-order chi connectivity index (χ0) is 20.1. The topological polar surface area (TPSA) is 66.5 Å². The summed E-state index contributed by atoms with van der Waals surface area (Å²) in [6, 6.07) is 17.7. The summed E-state index contributed by atoms with van der Waals surface area (Å²) in [6.07, 6.45) is 0. The lowest BCUT2D eigenvalue weighted by Gasteiger charge is -2.24.